The molecule has 2 heteroatoms. The average molecular weight is 604 g/mol. The summed E-state index contributed by atoms with van der Waals surface area (Å²) in [4.78, 5) is 2.39. The number of hydrogen-bond donors (Lipinski definition) is 0. The number of para-hydroxylation sites is 1. The van der Waals surface area contributed by atoms with Crippen LogP contribution in [-0.2, 0) is 0 Å². The SMILES string of the molecule is c1ccc(-c2ccccc2N(c2ccc(-c3cccc4cc5c(cc34)sc3ccccc35)cc2)c2ccc3ccccc3c2)cc1. The van der Waals surface area contributed by atoms with Crippen molar-refractivity contribution in [2.24, 2.45) is 0 Å². The summed E-state index contributed by atoms with van der Waals surface area (Å²) < 4.78 is 2.67. The molecule has 8 aromatic carbocycles. The first-order valence-electron chi connectivity index (χ1n) is 15.7. The highest BCUT2D eigenvalue weighted by atomic mass is 32.1. The Balaban J connectivity index is 1.19. The fraction of sp³-hybridized carbons (Fsp3) is 0. The number of anilines is 3. The Morgan fingerprint density at radius 2 is 1.02 bits per heavy atom. The highest BCUT2D eigenvalue weighted by Gasteiger charge is 2.18. The molecular formula is C44H29NS. The van der Waals surface area contributed by atoms with Crippen molar-refractivity contribution in [2.45, 2.75) is 0 Å². The summed E-state index contributed by atoms with van der Waals surface area (Å²) >= 11 is 1.88. The fourth-order valence-corrected chi connectivity index (χ4v) is 7.94. The van der Waals surface area contributed by atoms with Gasteiger partial charge in [-0.3, -0.25) is 0 Å². The first kappa shape index (κ1) is 26.7. The quantitative estimate of drug-likeness (QED) is 0.189. The van der Waals surface area contributed by atoms with Crippen molar-refractivity contribution in [1.29, 1.82) is 0 Å². The van der Waals surface area contributed by atoms with Crippen LogP contribution in [0.5, 0.6) is 0 Å². The summed E-state index contributed by atoms with van der Waals surface area (Å²) in [6.07, 6.45) is 0. The van der Waals surface area contributed by atoms with Crippen LogP contribution in [0.15, 0.2) is 176 Å². The van der Waals surface area contributed by atoms with E-state index in [9.17, 15) is 0 Å². The van der Waals surface area contributed by atoms with Gasteiger partial charge in [0.2, 0.25) is 0 Å². The van der Waals surface area contributed by atoms with Gasteiger partial charge in [-0.05, 0) is 86.8 Å². The molecule has 0 unspecified atom stereocenters. The molecule has 1 heterocycles. The molecule has 0 aliphatic rings. The third-order valence-electron chi connectivity index (χ3n) is 9.04. The van der Waals surface area contributed by atoms with Crippen LogP contribution in [0, 0.1) is 0 Å². The van der Waals surface area contributed by atoms with Gasteiger partial charge in [-0.15, -0.1) is 11.3 Å². The van der Waals surface area contributed by atoms with Crippen LogP contribution in [0.4, 0.5) is 17.1 Å². The number of rotatable bonds is 5. The standard InChI is InChI=1S/C44H29NS/c1-2-12-31(13-3-1)38-16-6-8-19-42(38)45(36-26-21-30-11-4-5-14-33(30)27-36)35-24-22-32(23-25-35)37-18-10-15-34-28-41-39-17-7-9-20-43(39)46-44(41)29-40(34)37/h1-29H. The Morgan fingerprint density at radius 1 is 0.348 bits per heavy atom. The molecule has 1 nitrogen and oxygen atoms in total. The Bertz CT molecular complexity index is 2530. The fourth-order valence-electron chi connectivity index (χ4n) is 6.81. The van der Waals surface area contributed by atoms with Crippen molar-refractivity contribution in [2.75, 3.05) is 4.90 Å². The van der Waals surface area contributed by atoms with Crippen molar-refractivity contribution < 1.29 is 0 Å². The van der Waals surface area contributed by atoms with Gasteiger partial charge in [-0.1, -0.05) is 127 Å². The van der Waals surface area contributed by atoms with Crippen LogP contribution in [-0.4, -0.2) is 0 Å². The van der Waals surface area contributed by atoms with E-state index in [0.717, 1.165) is 17.1 Å². The van der Waals surface area contributed by atoms with Gasteiger partial charge in [0, 0.05) is 37.1 Å². The first-order chi connectivity index (χ1) is 22.8. The lowest BCUT2D eigenvalue weighted by atomic mass is 9.96. The lowest BCUT2D eigenvalue weighted by molar-refractivity contribution is 1.29. The minimum atomic E-state index is 1.12. The van der Waals surface area contributed by atoms with Gasteiger partial charge in [0.1, 0.15) is 0 Å². The summed E-state index contributed by atoms with van der Waals surface area (Å²) in [6.45, 7) is 0. The molecule has 0 saturated carbocycles. The monoisotopic (exact) mass is 603 g/mol. The number of thiophene rings is 1. The third-order valence-corrected chi connectivity index (χ3v) is 10.2. The van der Waals surface area contributed by atoms with Crippen LogP contribution in [0.1, 0.15) is 0 Å². The van der Waals surface area contributed by atoms with Crippen LogP contribution >= 0.6 is 11.3 Å². The van der Waals surface area contributed by atoms with Crippen LogP contribution in [0.3, 0.4) is 0 Å². The van der Waals surface area contributed by atoms with Crippen molar-refractivity contribution in [3.05, 3.63) is 176 Å². The van der Waals surface area contributed by atoms with E-state index in [-0.39, 0.29) is 0 Å². The summed E-state index contributed by atoms with van der Waals surface area (Å²) in [6, 6.07) is 63.9. The zero-order chi connectivity index (χ0) is 30.5. The van der Waals surface area contributed by atoms with Crippen molar-refractivity contribution >= 4 is 70.1 Å². The van der Waals surface area contributed by atoms with Crippen LogP contribution in [0.25, 0.3) is 64.0 Å². The second-order valence-electron chi connectivity index (χ2n) is 11.8. The number of nitrogens with zero attached hydrogens (tertiary/aromatic N) is 1. The van der Waals surface area contributed by atoms with Gasteiger partial charge in [-0.2, -0.15) is 0 Å². The van der Waals surface area contributed by atoms with Crippen molar-refractivity contribution in [3.8, 4) is 22.3 Å². The summed E-state index contributed by atoms with van der Waals surface area (Å²) in [5.41, 5.74) is 8.26. The molecule has 0 spiro atoms. The molecule has 0 fully saturated rings. The van der Waals surface area contributed by atoms with Gasteiger partial charge >= 0.3 is 0 Å². The predicted molar refractivity (Wildman–Crippen MR) is 200 cm³/mol. The van der Waals surface area contributed by atoms with E-state index in [2.05, 4.69) is 181 Å². The summed E-state index contributed by atoms with van der Waals surface area (Å²) in [5.74, 6) is 0. The maximum Gasteiger partial charge on any atom is 0.0540 e. The Kier molecular flexibility index (Phi) is 6.40. The van der Waals surface area contributed by atoms with E-state index in [1.807, 2.05) is 11.3 Å². The van der Waals surface area contributed by atoms with Crippen molar-refractivity contribution in [1.82, 2.24) is 0 Å². The molecule has 0 atom stereocenters. The molecule has 216 valence electrons. The highest BCUT2D eigenvalue weighted by molar-refractivity contribution is 7.25. The molecular weight excluding hydrogens is 575 g/mol. The van der Waals surface area contributed by atoms with E-state index >= 15 is 0 Å². The maximum absolute atomic E-state index is 2.39. The normalized spacial score (nSPS) is 11.5. The lowest BCUT2D eigenvalue weighted by Crippen LogP contribution is -2.11. The molecule has 0 aliphatic heterocycles. The van der Waals surface area contributed by atoms with Gasteiger partial charge in [-0.25, -0.2) is 0 Å². The third kappa shape index (κ3) is 4.54. The van der Waals surface area contributed by atoms with Crippen molar-refractivity contribution in [3.63, 3.8) is 0 Å². The molecule has 46 heavy (non-hydrogen) atoms. The summed E-state index contributed by atoms with van der Waals surface area (Å²) in [5, 5.41) is 7.69. The summed E-state index contributed by atoms with van der Waals surface area (Å²) in [7, 11) is 0. The number of benzene rings is 8. The number of hydrogen-bond acceptors (Lipinski definition) is 2. The second kappa shape index (κ2) is 11.0. The van der Waals surface area contributed by atoms with E-state index in [1.165, 1.54) is 64.0 Å². The van der Waals surface area contributed by atoms with Crippen LogP contribution < -0.4 is 4.90 Å². The first-order valence-corrected chi connectivity index (χ1v) is 16.5. The van der Waals surface area contributed by atoms with E-state index < -0.39 is 0 Å². The molecule has 0 amide bonds. The van der Waals surface area contributed by atoms with Crippen LogP contribution in [0.2, 0.25) is 0 Å². The Hall–Kier alpha value is -5.70. The molecule has 9 aromatic rings. The van der Waals surface area contributed by atoms with E-state index in [4.69, 9.17) is 0 Å². The lowest BCUT2D eigenvalue weighted by Gasteiger charge is -2.28. The highest BCUT2D eigenvalue weighted by Crippen LogP contribution is 2.43. The average Bonchev–Trinajstić information content (AvgIpc) is 3.49. The molecule has 0 N–H and O–H groups in total. The smallest absolute Gasteiger partial charge is 0.0540 e. The topological polar surface area (TPSA) is 3.24 Å². The Labute approximate surface area is 272 Å². The Morgan fingerprint density at radius 3 is 1.91 bits per heavy atom. The van der Waals surface area contributed by atoms with E-state index in [1.54, 1.807) is 0 Å². The molecule has 0 saturated heterocycles. The predicted octanol–water partition coefficient (Wildman–Crippen LogP) is 13.2. The zero-order valence-electron chi connectivity index (χ0n) is 25.1. The van der Waals surface area contributed by atoms with Gasteiger partial charge in [0.25, 0.3) is 0 Å². The molecule has 0 bridgehead atoms. The molecule has 9 rings (SSSR count). The van der Waals surface area contributed by atoms with Gasteiger partial charge in [0.05, 0.1) is 5.69 Å². The van der Waals surface area contributed by atoms with Gasteiger partial charge in [0.15, 0.2) is 0 Å². The zero-order valence-corrected chi connectivity index (χ0v) is 25.9. The molecule has 0 radical (unpaired) electrons. The minimum absolute atomic E-state index is 1.12. The second-order valence-corrected chi connectivity index (χ2v) is 12.9. The van der Waals surface area contributed by atoms with E-state index in [0.29, 0.717) is 0 Å². The number of fused-ring (bicyclic) bond motifs is 5. The maximum atomic E-state index is 2.39. The van der Waals surface area contributed by atoms with Gasteiger partial charge < -0.3 is 4.90 Å². The largest absolute Gasteiger partial charge is 0.310 e. The molecule has 0 aliphatic carbocycles. The molecule has 1 aromatic heterocycles. The minimum Gasteiger partial charge on any atom is -0.310 e.